The zero-order chi connectivity index (χ0) is 16.4. The van der Waals surface area contributed by atoms with Gasteiger partial charge in [-0.2, -0.15) is 10.2 Å². The molecule has 124 valence electrons. The summed E-state index contributed by atoms with van der Waals surface area (Å²) in [5.74, 6) is 0.113. The average molecular weight is 316 g/mol. The van der Waals surface area contributed by atoms with Crippen LogP contribution in [0.25, 0.3) is 0 Å². The predicted octanol–water partition coefficient (Wildman–Crippen LogP) is 1.73. The fraction of sp³-hybridized carbons (Fsp3) is 0.625. The van der Waals surface area contributed by atoms with Crippen molar-refractivity contribution in [2.45, 2.75) is 58.7 Å². The van der Waals surface area contributed by atoms with Crippen LogP contribution in [0, 0.1) is 13.8 Å². The molecule has 0 unspecified atom stereocenters. The SMILES string of the molecule is Cc1cc(C)n(C[C@@H]2CCCCN2C(=O)[C@@H](C)n2cncn2)n1. The lowest BCUT2D eigenvalue weighted by molar-refractivity contribution is -0.138. The van der Waals surface area contributed by atoms with E-state index in [0.29, 0.717) is 0 Å². The molecule has 0 saturated carbocycles. The van der Waals surface area contributed by atoms with Gasteiger partial charge in [0.2, 0.25) is 5.91 Å². The van der Waals surface area contributed by atoms with Gasteiger partial charge in [0.15, 0.2) is 0 Å². The van der Waals surface area contributed by atoms with E-state index >= 15 is 0 Å². The molecule has 1 aliphatic heterocycles. The molecule has 0 N–H and O–H groups in total. The molecule has 3 rings (SSSR count). The molecule has 1 aliphatic rings. The van der Waals surface area contributed by atoms with Crippen molar-refractivity contribution in [2.75, 3.05) is 6.54 Å². The summed E-state index contributed by atoms with van der Waals surface area (Å²) in [4.78, 5) is 18.8. The van der Waals surface area contributed by atoms with Gasteiger partial charge in [-0.15, -0.1) is 0 Å². The minimum Gasteiger partial charge on any atom is -0.336 e. The normalized spacial score (nSPS) is 19.8. The van der Waals surface area contributed by atoms with Gasteiger partial charge in [-0.25, -0.2) is 9.67 Å². The van der Waals surface area contributed by atoms with Crippen LogP contribution >= 0.6 is 0 Å². The van der Waals surface area contributed by atoms with Crippen molar-refractivity contribution in [1.29, 1.82) is 0 Å². The predicted molar refractivity (Wildman–Crippen MR) is 85.8 cm³/mol. The van der Waals surface area contributed by atoms with E-state index in [1.165, 1.54) is 6.33 Å². The molecule has 0 radical (unpaired) electrons. The molecule has 3 heterocycles. The van der Waals surface area contributed by atoms with Gasteiger partial charge in [-0.05, 0) is 46.1 Å². The van der Waals surface area contributed by atoms with Crippen LogP contribution in [0.4, 0.5) is 0 Å². The molecule has 2 aromatic heterocycles. The number of carbonyl (C=O) groups is 1. The molecule has 0 spiro atoms. The summed E-state index contributed by atoms with van der Waals surface area (Å²) in [6.45, 7) is 7.51. The van der Waals surface area contributed by atoms with E-state index in [2.05, 4.69) is 28.2 Å². The molecule has 7 nitrogen and oxygen atoms in total. The number of piperidine rings is 1. The van der Waals surface area contributed by atoms with Crippen molar-refractivity contribution in [3.63, 3.8) is 0 Å². The number of hydrogen-bond acceptors (Lipinski definition) is 4. The zero-order valence-corrected chi connectivity index (χ0v) is 14.0. The molecule has 2 aromatic rings. The third-order valence-electron chi connectivity index (χ3n) is 4.59. The standard InChI is InChI=1S/C16H24N6O/c1-12-8-13(2)21(19-12)9-15-6-4-5-7-20(15)16(23)14(3)22-11-17-10-18-22/h8,10-11,14-15H,4-7,9H2,1-3H3/t14-,15+/m1/s1. The Balaban J connectivity index is 1.75. The smallest absolute Gasteiger partial charge is 0.247 e. The molecule has 0 aromatic carbocycles. The molecule has 1 amide bonds. The molecular formula is C16H24N6O. The summed E-state index contributed by atoms with van der Waals surface area (Å²) in [5, 5.41) is 8.64. The number of nitrogens with zero attached hydrogens (tertiary/aromatic N) is 6. The number of amides is 1. The van der Waals surface area contributed by atoms with E-state index in [1.54, 1.807) is 11.0 Å². The number of hydrogen-bond donors (Lipinski definition) is 0. The minimum atomic E-state index is -0.321. The molecule has 1 saturated heterocycles. The van der Waals surface area contributed by atoms with Crippen molar-refractivity contribution in [1.82, 2.24) is 29.4 Å². The molecular weight excluding hydrogens is 292 g/mol. The summed E-state index contributed by atoms with van der Waals surface area (Å²) >= 11 is 0. The Morgan fingerprint density at radius 3 is 2.87 bits per heavy atom. The second-order valence-electron chi connectivity index (χ2n) is 6.34. The van der Waals surface area contributed by atoms with Crippen LogP contribution in [0.3, 0.4) is 0 Å². The average Bonchev–Trinajstić information content (AvgIpc) is 3.17. The van der Waals surface area contributed by atoms with Gasteiger partial charge in [-0.1, -0.05) is 0 Å². The third kappa shape index (κ3) is 3.28. The van der Waals surface area contributed by atoms with Gasteiger partial charge in [0.1, 0.15) is 18.7 Å². The van der Waals surface area contributed by atoms with Gasteiger partial charge in [-0.3, -0.25) is 9.48 Å². The van der Waals surface area contributed by atoms with Gasteiger partial charge in [0, 0.05) is 12.2 Å². The summed E-state index contributed by atoms with van der Waals surface area (Å²) in [5.41, 5.74) is 2.16. The number of rotatable bonds is 4. The number of likely N-dealkylation sites (tertiary alicyclic amines) is 1. The second-order valence-corrected chi connectivity index (χ2v) is 6.34. The van der Waals surface area contributed by atoms with E-state index in [-0.39, 0.29) is 18.0 Å². The molecule has 0 aliphatic carbocycles. The van der Waals surface area contributed by atoms with Crippen LogP contribution in [0.1, 0.15) is 43.6 Å². The maximum Gasteiger partial charge on any atom is 0.247 e. The quantitative estimate of drug-likeness (QED) is 0.861. The van der Waals surface area contributed by atoms with Crippen molar-refractivity contribution < 1.29 is 4.79 Å². The maximum atomic E-state index is 12.9. The lowest BCUT2D eigenvalue weighted by Crippen LogP contribution is -2.48. The maximum absolute atomic E-state index is 12.9. The van der Waals surface area contributed by atoms with Crippen LogP contribution in [-0.4, -0.2) is 47.9 Å². The summed E-state index contributed by atoms with van der Waals surface area (Å²) in [6.07, 6.45) is 6.30. The van der Waals surface area contributed by atoms with Crippen LogP contribution in [0.5, 0.6) is 0 Å². The first-order valence-electron chi connectivity index (χ1n) is 8.22. The molecule has 2 atom stereocenters. The van der Waals surface area contributed by atoms with Crippen molar-refractivity contribution in [3.05, 3.63) is 30.1 Å². The van der Waals surface area contributed by atoms with Crippen LogP contribution < -0.4 is 0 Å². The molecule has 1 fully saturated rings. The molecule has 7 heteroatoms. The monoisotopic (exact) mass is 316 g/mol. The first-order chi connectivity index (χ1) is 11.1. The lowest BCUT2D eigenvalue weighted by Gasteiger charge is -2.37. The Hall–Kier alpha value is -2.18. The van der Waals surface area contributed by atoms with E-state index in [4.69, 9.17) is 0 Å². The fourth-order valence-corrected chi connectivity index (χ4v) is 3.31. The summed E-state index contributed by atoms with van der Waals surface area (Å²) in [7, 11) is 0. The van der Waals surface area contributed by atoms with Crippen LogP contribution in [0.15, 0.2) is 18.7 Å². The van der Waals surface area contributed by atoms with Gasteiger partial charge < -0.3 is 4.90 Å². The van der Waals surface area contributed by atoms with Gasteiger partial charge in [0.25, 0.3) is 0 Å². The first-order valence-corrected chi connectivity index (χ1v) is 8.22. The Bertz CT molecular complexity index is 662. The Kier molecular flexibility index (Phi) is 4.45. The fourth-order valence-electron chi connectivity index (χ4n) is 3.31. The largest absolute Gasteiger partial charge is 0.336 e. The van der Waals surface area contributed by atoms with Gasteiger partial charge in [0.05, 0.1) is 18.3 Å². The Labute approximate surface area is 136 Å². The highest BCUT2D eigenvalue weighted by Gasteiger charge is 2.31. The first kappa shape index (κ1) is 15.7. The van der Waals surface area contributed by atoms with Crippen molar-refractivity contribution in [3.8, 4) is 0 Å². The lowest BCUT2D eigenvalue weighted by atomic mass is 10.0. The summed E-state index contributed by atoms with van der Waals surface area (Å²) < 4.78 is 3.64. The van der Waals surface area contributed by atoms with E-state index in [9.17, 15) is 4.79 Å². The third-order valence-corrected chi connectivity index (χ3v) is 4.59. The number of aryl methyl sites for hydroxylation is 2. The zero-order valence-electron chi connectivity index (χ0n) is 14.0. The second kappa shape index (κ2) is 6.52. The molecule has 0 bridgehead atoms. The highest BCUT2D eigenvalue weighted by atomic mass is 16.2. The van der Waals surface area contributed by atoms with Gasteiger partial charge >= 0.3 is 0 Å². The molecule has 23 heavy (non-hydrogen) atoms. The minimum absolute atomic E-state index is 0.113. The Morgan fingerprint density at radius 2 is 2.22 bits per heavy atom. The number of carbonyl (C=O) groups excluding carboxylic acids is 1. The number of aromatic nitrogens is 5. The van der Waals surface area contributed by atoms with Crippen LogP contribution in [0.2, 0.25) is 0 Å². The summed E-state index contributed by atoms with van der Waals surface area (Å²) in [6, 6.07) is 1.95. The van der Waals surface area contributed by atoms with Crippen LogP contribution in [-0.2, 0) is 11.3 Å². The van der Waals surface area contributed by atoms with Crippen molar-refractivity contribution in [2.24, 2.45) is 0 Å². The Morgan fingerprint density at radius 1 is 1.39 bits per heavy atom. The van der Waals surface area contributed by atoms with E-state index in [0.717, 1.165) is 43.7 Å². The highest BCUT2D eigenvalue weighted by molar-refractivity contribution is 5.80. The van der Waals surface area contributed by atoms with E-state index in [1.807, 2.05) is 23.4 Å². The topological polar surface area (TPSA) is 68.8 Å². The highest BCUT2D eigenvalue weighted by Crippen LogP contribution is 2.22. The van der Waals surface area contributed by atoms with Crippen molar-refractivity contribution >= 4 is 5.91 Å². The van der Waals surface area contributed by atoms with E-state index < -0.39 is 0 Å².